The second kappa shape index (κ2) is 6.06. The zero-order chi connectivity index (χ0) is 14.5. The number of nitrogen functional groups attached to an aromatic ring is 2. The molecule has 3 heteroatoms. The third kappa shape index (κ3) is 3.48. The van der Waals surface area contributed by atoms with Crippen LogP contribution in [0.4, 0.5) is 5.69 Å². The van der Waals surface area contributed by atoms with Gasteiger partial charge in [-0.1, -0.05) is 48.0 Å². The first kappa shape index (κ1) is 13.9. The third-order valence-electron chi connectivity index (χ3n) is 3.14. The van der Waals surface area contributed by atoms with Gasteiger partial charge in [0, 0.05) is 11.3 Å². The summed E-state index contributed by atoms with van der Waals surface area (Å²) in [7, 11) is 0. The lowest BCUT2D eigenvalue weighted by Gasteiger charge is -2.06. The van der Waals surface area contributed by atoms with Crippen LogP contribution in [0, 0.1) is 5.41 Å². The highest BCUT2D eigenvalue weighted by atomic mass is 14.7. The van der Waals surface area contributed by atoms with Crippen molar-refractivity contribution in [3.8, 4) is 0 Å². The second-order valence-corrected chi connectivity index (χ2v) is 4.91. The minimum Gasteiger partial charge on any atom is -0.398 e. The minimum atomic E-state index is 0.0882. The molecule has 5 N–H and O–H groups in total. The summed E-state index contributed by atoms with van der Waals surface area (Å²) in [4.78, 5) is 0. The summed E-state index contributed by atoms with van der Waals surface area (Å²) in [6, 6.07) is 15.6. The maximum atomic E-state index is 7.46. The quantitative estimate of drug-likeness (QED) is 0.451. The summed E-state index contributed by atoms with van der Waals surface area (Å²) in [5.74, 6) is 0.0882. The molecule has 20 heavy (non-hydrogen) atoms. The van der Waals surface area contributed by atoms with Gasteiger partial charge >= 0.3 is 0 Å². The molecule has 0 saturated carbocycles. The maximum absolute atomic E-state index is 7.46. The van der Waals surface area contributed by atoms with Crippen LogP contribution in [0.5, 0.6) is 0 Å². The van der Waals surface area contributed by atoms with Crippen LogP contribution in [-0.4, -0.2) is 5.84 Å². The van der Waals surface area contributed by atoms with Gasteiger partial charge in [0.15, 0.2) is 0 Å². The Morgan fingerprint density at radius 2 is 1.90 bits per heavy atom. The van der Waals surface area contributed by atoms with Crippen molar-refractivity contribution in [1.29, 1.82) is 5.41 Å². The number of para-hydroxylation sites is 1. The molecule has 0 atom stereocenters. The average Bonchev–Trinajstić information content (AvgIpc) is 2.41. The molecule has 0 saturated heterocycles. The smallest absolute Gasteiger partial charge is 0.122 e. The molecule has 0 aliphatic carbocycles. The third-order valence-corrected chi connectivity index (χ3v) is 3.14. The fourth-order valence-electron chi connectivity index (χ4n) is 2.13. The van der Waals surface area contributed by atoms with E-state index in [9.17, 15) is 0 Å². The average molecular weight is 265 g/mol. The lowest BCUT2D eigenvalue weighted by molar-refractivity contribution is 1.16. The molecule has 0 aliphatic heterocycles. The summed E-state index contributed by atoms with van der Waals surface area (Å²) >= 11 is 0. The zero-order valence-electron chi connectivity index (χ0n) is 11.6. The van der Waals surface area contributed by atoms with Crippen LogP contribution >= 0.6 is 0 Å². The van der Waals surface area contributed by atoms with E-state index in [1.165, 1.54) is 5.57 Å². The Kier molecular flexibility index (Phi) is 4.20. The topological polar surface area (TPSA) is 75.9 Å². The number of benzene rings is 2. The zero-order valence-corrected chi connectivity index (χ0v) is 11.6. The number of hydrogen-bond donors (Lipinski definition) is 3. The van der Waals surface area contributed by atoms with E-state index in [2.05, 4.69) is 13.0 Å². The molecule has 0 unspecified atom stereocenters. The second-order valence-electron chi connectivity index (χ2n) is 4.91. The molecule has 0 aliphatic rings. The van der Waals surface area contributed by atoms with Gasteiger partial charge in [-0.05, 0) is 36.6 Å². The van der Waals surface area contributed by atoms with Crippen LogP contribution in [0.3, 0.4) is 0 Å². The van der Waals surface area contributed by atoms with Crippen LogP contribution in [0.1, 0.15) is 23.6 Å². The van der Waals surface area contributed by atoms with Crippen molar-refractivity contribution < 1.29 is 0 Å². The number of allylic oxidation sites excluding steroid dienone is 1. The Balaban J connectivity index is 2.20. The molecule has 0 amide bonds. The number of hydrogen-bond acceptors (Lipinski definition) is 2. The van der Waals surface area contributed by atoms with Crippen molar-refractivity contribution in [2.24, 2.45) is 5.73 Å². The first-order valence-electron chi connectivity index (χ1n) is 6.51. The van der Waals surface area contributed by atoms with E-state index >= 15 is 0 Å². The van der Waals surface area contributed by atoms with E-state index in [4.69, 9.17) is 16.9 Å². The number of nitrogens with one attached hydrogen (secondary N) is 1. The van der Waals surface area contributed by atoms with E-state index in [1.54, 1.807) is 0 Å². The van der Waals surface area contributed by atoms with E-state index in [1.807, 2.05) is 48.5 Å². The lowest BCUT2D eigenvalue weighted by atomic mass is 10.0. The molecule has 3 nitrogen and oxygen atoms in total. The van der Waals surface area contributed by atoms with Crippen LogP contribution in [-0.2, 0) is 6.42 Å². The Morgan fingerprint density at radius 3 is 2.60 bits per heavy atom. The van der Waals surface area contributed by atoms with Crippen molar-refractivity contribution in [1.82, 2.24) is 0 Å². The molecule has 2 aromatic carbocycles. The molecule has 0 spiro atoms. The van der Waals surface area contributed by atoms with Gasteiger partial charge in [0.1, 0.15) is 5.84 Å². The molecule has 2 aromatic rings. The van der Waals surface area contributed by atoms with Gasteiger partial charge in [-0.3, -0.25) is 5.41 Å². The van der Waals surface area contributed by atoms with Gasteiger partial charge in [0.25, 0.3) is 0 Å². The van der Waals surface area contributed by atoms with E-state index < -0.39 is 0 Å². The first-order valence-corrected chi connectivity index (χ1v) is 6.51. The normalized spacial score (nSPS) is 11.3. The lowest BCUT2D eigenvalue weighted by Crippen LogP contribution is -2.10. The molecule has 2 rings (SSSR count). The monoisotopic (exact) mass is 265 g/mol. The van der Waals surface area contributed by atoms with E-state index in [0.29, 0.717) is 0 Å². The van der Waals surface area contributed by atoms with Crippen molar-refractivity contribution in [3.63, 3.8) is 0 Å². The minimum absolute atomic E-state index is 0.0882. The maximum Gasteiger partial charge on any atom is 0.122 e. The van der Waals surface area contributed by atoms with E-state index in [-0.39, 0.29) is 5.84 Å². The van der Waals surface area contributed by atoms with Crippen molar-refractivity contribution >= 4 is 17.6 Å². The predicted molar refractivity (Wildman–Crippen MR) is 85.7 cm³/mol. The Hall–Kier alpha value is -2.55. The molecule has 0 fully saturated rings. The predicted octanol–water partition coefficient (Wildman–Crippen LogP) is 3.20. The van der Waals surface area contributed by atoms with Gasteiger partial charge in [-0.25, -0.2) is 0 Å². The first-order chi connectivity index (χ1) is 9.56. The largest absolute Gasteiger partial charge is 0.398 e. The summed E-state index contributed by atoms with van der Waals surface area (Å²) in [5.41, 5.74) is 16.4. The number of nitrogens with two attached hydrogens (primary N) is 2. The fraction of sp³-hybridized carbons (Fsp3) is 0.118. The van der Waals surface area contributed by atoms with Gasteiger partial charge in [0.05, 0.1) is 0 Å². The van der Waals surface area contributed by atoms with E-state index in [0.717, 1.165) is 28.8 Å². The number of amidine groups is 1. The summed E-state index contributed by atoms with van der Waals surface area (Å²) in [6.07, 6.45) is 2.91. The standard InChI is InChI=1S/C17H19N3/c1-12(10-14-6-2-3-8-16(14)18)9-13-5-4-7-15(11-13)17(19)20/h2-9,11H,10,18H2,1H3,(H3,19,20). The van der Waals surface area contributed by atoms with Gasteiger partial charge in [-0.2, -0.15) is 0 Å². The van der Waals surface area contributed by atoms with Crippen molar-refractivity contribution in [2.45, 2.75) is 13.3 Å². The molecule has 0 heterocycles. The molecule has 102 valence electrons. The molecular formula is C17H19N3. The highest BCUT2D eigenvalue weighted by molar-refractivity contribution is 5.95. The molecule has 0 radical (unpaired) electrons. The summed E-state index contributed by atoms with van der Waals surface area (Å²) in [6.45, 7) is 2.08. The van der Waals surface area contributed by atoms with Crippen LogP contribution < -0.4 is 11.5 Å². The van der Waals surface area contributed by atoms with Crippen LogP contribution in [0.15, 0.2) is 54.1 Å². The number of rotatable bonds is 4. The highest BCUT2D eigenvalue weighted by Crippen LogP contribution is 2.17. The summed E-state index contributed by atoms with van der Waals surface area (Å²) < 4.78 is 0. The molecule has 0 bridgehead atoms. The summed E-state index contributed by atoms with van der Waals surface area (Å²) in [5, 5.41) is 7.46. The van der Waals surface area contributed by atoms with Crippen LogP contribution in [0.25, 0.3) is 6.08 Å². The highest BCUT2D eigenvalue weighted by Gasteiger charge is 2.01. The molecule has 0 aromatic heterocycles. The number of anilines is 1. The Bertz CT molecular complexity index is 657. The molecular weight excluding hydrogens is 246 g/mol. The van der Waals surface area contributed by atoms with Gasteiger partial charge < -0.3 is 11.5 Å². The Morgan fingerprint density at radius 1 is 1.15 bits per heavy atom. The van der Waals surface area contributed by atoms with Gasteiger partial charge in [-0.15, -0.1) is 0 Å². The SMILES string of the molecule is CC(=Cc1cccc(C(=N)N)c1)Cc1ccccc1N. The van der Waals surface area contributed by atoms with Crippen LogP contribution in [0.2, 0.25) is 0 Å². The van der Waals surface area contributed by atoms with Gasteiger partial charge in [0.2, 0.25) is 0 Å². The Labute approximate surface area is 119 Å². The fourth-order valence-corrected chi connectivity index (χ4v) is 2.13. The van der Waals surface area contributed by atoms with Crippen molar-refractivity contribution in [2.75, 3.05) is 5.73 Å². The van der Waals surface area contributed by atoms with Crippen molar-refractivity contribution in [3.05, 3.63) is 70.8 Å².